The highest BCUT2D eigenvalue weighted by molar-refractivity contribution is 6.13. The van der Waals surface area contributed by atoms with Crippen molar-refractivity contribution in [3.05, 3.63) is 113 Å². The number of carbonyl (C=O) groups is 1. The summed E-state index contributed by atoms with van der Waals surface area (Å²) in [6, 6.07) is 25.7. The van der Waals surface area contributed by atoms with Crippen molar-refractivity contribution in [2.24, 2.45) is 0 Å². The van der Waals surface area contributed by atoms with Crippen LogP contribution in [0.5, 0.6) is 5.75 Å². The predicted octanol–water partition coefficient (Wildman–Crippen LogP) is 4.57. The third-order valence-corrected chi connectivity index (χ3v) is 5.68. The Balaban J connectivity index is 1.79. The molecule has 0 aliphatic heterocycles. The van der Waals surface area contributed by atoms with Crippen molar-refractivity contribution in [1.82, 2.24) is 0 Å². The van der Waals surface area contributed by atoms with Crippen LogP contribution in [0.2, 0.25) is 0 Å². The minimum atomic E-state index is -1.41. The van der Waals surface area contributed by atoms with Crippen LogP contribution in [0.15, 0.2) is 84.9 Å². The van der Waals surface area contributed by atoms with Gasteiger partial charge in [-0.05, 0) is 28.0 Å². The molecular formula is C25H18O3. The molecule has 28 heavy (non-hydrogen) atoms. The fourth-order valence-corrected chi connectivity index (χ4v) is 4.33. The van der Waals surface area contributed by atoms with Crippen LogP contribution in [0.25, 0.3) is 10.8 Å². The van der Waals surface area contributed by atoms with E-state index in [2.05, 4.69) is 0 Å². The second-order valence-electron chi connectivity index (χ2n) is 7.24. The molecule has 0 fully saturated rings. The fourth-order valence-electron chi connectivity index (χ4n) is 4.33. The number of hydrogen-bond donors (Lipinski definition) is 2. The first-order valence-electron chi connectivity index (χ1n) is 9.25. The van der Waals surface area contributed by atoms with E-state index < -0.39 is 5.60 Å². The topological polar surface area (TPSA) is 57.5 Å². The first kappa shape index (κ1) is 16.7. The molecular weight excluding hydrogens is 348 g/mol. The quantitative estimate of drug-likeness (QED) is 0.546. The molecule has 4 aromatic rings. The normalized spacial score (nSPS) is 14.5. The molecule has 1 aliphatic carbocycles. The van der Waals surface area contributed by atoms with Crippen LogP contribution in [-0.4, -0.2) is 16.0 Å². The zero-order valence-corrected chi connectivity index (χ0v) is 15.1. The summed E-state index contributed by atoms with van der Waals surface area (Å²) in [7, 11) is 0. The maximum atomic E-state index is 13.0. The van der Waals surface area contributed by atoms with Gasteiger partial charge in [0.05, 0.1) is 0 Å². The molecule has 0 unspecified atom stereocenters. The molecule has 0 bridgehead atoms. The van der Waals surface area contributed by atoms with Gasteiger partial charge in [0, 0.05) is 23.1 Å². The number of benzene rings is 4. The molecule has 0 aromatic heterocycles. The van der Waals surface area contributed by atoms with Gasteiger partial charge in [0.1, 0.15) is 11.4 Å². The van der Waals surface area contributed by atoms with Gasteiger partial charge >= 0.3 is 0 Å². The number of carbonyl (C=O) groups excluding carboxylic acids is 1. The van der Waals surface area contributed by atoms with Crippen molar-refractivity contribution >= 4 is 16.6 Å². The van der Waals surface area contributed by atoms with E-state index in [9.17, 15) is 15.0 Å². The molecule has 0 atom stereocenters. The molecule has 1 aliphatic rings. The van der Waals surface area contributed by atoms with Crippen molar-refractivity contribution in [1.29, 1.82) is 0 Å². The Bertz CT molecular complexity index is 1190. The summed E-state index contributed by atoms with van der Waals surface area (Å²) in [4.78, 5) is 13.0. The van der Waals surface area contributed by atoms with E-state index in [-0.39, 0.29) is 18.0 Å². The van der Waals surface area contributed by atoms with Crippen LogP contribution in [0.1, 0.15) is 32.6 Å². The molecule has 0 radical (unpaired) electrons. The summed E-state index contributed by atoms with van der Waals surface area (Å²) < 4.78 is 0. The van der Waals surface area contributed by atoms with Crippen LogP contribution in [0.4, 0.5) is 0 Å². The molecule has 0 saturated heterocycles. The standard InChI is InChI=1S/C25H18O3/c26-23-14-13-16-7-1-2-8-17(16)20(23)15-25(28)21-11-5-3-9-18(21)24(27)19-10-4-6-12-22(19)25/h1-14,26,28H,15H2. The van der Waals surface area contributed by atoms with Gasteiger partial charge in [-0.25, -0.2) is 0 Å². The average molecular weight is 366 g/mol. The van der Waals surface area contributed by atoms with Crippen molar-refractivity contribution in [3.63, 3.8) is 0 Å². The van der Waals surface area contributed by atoms with Crippen LogP contribution < -0.4 is 0 Å². The maximum absolute atomic E-state index is 13.0. The lowest BCUT2D eigenvalue weighted by Crippen LogP contribution is -2.37. The van der Waals surface area contributed by atoms with Gasteiger partial charge in [0.2, 0.25) is 0 Å². The minimum Gasteiger partial charge on any atom is -0.508 e. The van der Waals surface area contributed by atoms with Crippen LogP contribution in [0.3, 0.4) is 0 Å². The number of hydrogen-bond acceptors (Lipinski definition) is 3. The number of rotatable bonds is 2. The number of phenolic OH excluding ortho intramolecular Hbond substituents is 1. The average Bonchev–Trinajstić information content (AvgIpc) is 2.74. The first-order valence-corrected chi connectivity index (χ1v) is 9.25. The zero-order chi connectivity index (χ0) is 19.3. The number of ketones is 1. The Morgan fingerprint density at radius 1 is 0.714 bits per heavy atom. The Kier molecular flexibility index (Phi) is 3.61. The lowest BCUT2D eigenvalue weighted by Gasteiger charge is -2.36. The van der Waals surface area contributed by atoms with E-state index in [4.69, 9.17) is 0 Å². The molecule has 5 rings (SSSR count). The van der Waals surface area contributed by atoms with E-state index in [1.807, 2.05) is 42.5 Å². The molecule has 3 heteroatoms. The second-order valence-corrected chi connectivity index (χ2v) is 7.24. The monoisotopic (exact) mass is 366 g/mol. The van der Waals surface area contributed by atoms with Gasteiger partial charge < -0.3 is 10.2 Å². The molecule has 0 saturated carbocycles. The van der Waals surface area contributed by atoms with Gasteiger partial charge in [0.15, 0.2) is 5.78 Å². The lowest BCUT2D eigenvalue weighted by molar-refractivity contribution is 0.0718. The van der Waals surface area contributed by atoms with Gasteiger partial charge in [-0.1, -0.05) is 78.9 Å². The smallest absolute Gasteiger partial charge is 0.193 e. The molecule has 2 N–H and O–H groups in total. The fraction of sp³-hybridized carbons (Fsp3) is 0.0800. The lowest BCUT2D eigenvalue weighted by atomic mass is 9.71. The number of aliphatic hydroxyl groups is 1. The Labute approximate surface area is 162 Å². The number of fused-ring (bicyclic) bond motifs is 3. The molecule has 3 nitrogen and oxygen atoms in total. The summed E-state index contributed by atoms with van der Waals surface area (Å²) in [5.74, 6) is 0.0528. The highest BCUT2D eigenvalue weighted by Gasteiger charge is 2.42. The van der Waals surface area contributed by atoms with Crippen LogP contribution in [0, 0.1) is 0 Å². The Hall–Kier alpha value is -3.43. The zero-order valence-electron chi connectivity index (χ0n) is 15.1. The second kappa shape index (κ2) is 6.04. The van der Waals surface area contributed by atoms with E-state index in [1.54, 1.807) is 42.5 Å². The van der Waals surface area contributed by atoms with E-state index in [0.29, 0.717) is 27.8 Å². The van der Waals surface area contributed by atoms with E-state index in [0.717, 1.165) is 10.8 Å². The summed E-state index contributed by atoms with van der Waals surface area (Å²) in [6.07, 6.45) is 0.168. The summed E-state index contributed by atoms with van der Waals surface area (Å²) in [6.45, 7) is 0. The van der Waals surface area contributed by atoms with Crippen LogP contribution in [-0.2, 0) is 12.0 Å². The summed E-state index contributed by atoms with van der Waals surface area (Å²) in [5.41, 5.74) is 1.41. The molecule has 0 heterocycles. The van der Waals surface area contributed by atoms with Crippen molar-refractivity contribution in [3.8, 4) is 5.75 Å². The van der Waals surface area contributed by atoms with E-state index in [1.165, 1.54) is 0 Å². The molecule has 0 amide bonds. The third-order valence-electron chi connectivity index (χ3n) is 5.68. The Morgan fingerprint density at radius 2 is 1.29 bits per heavy atom. The van der Waals surface area contributed by atoms with Crippen LogP contribution >= 0.6 is 0 Å². The SMILES string of the molecule is O=C1c2ccccc2C(O)(Cc2c(O)ccc3ccccc23)c2ccccc21. The maximum Gasteiger partial charge on any atom is 0.193 e. The van der Waals surface area contributed by atoms with Crippen molar-refractivity contribution in [2.45, 2.75) is 12.0 Å². The van der Waals surface area contributed by atoms with Gasteiger partial charge in [-0.2, -0.15) is 0 Å². The molecule has 4 aromatic carbocycles. The number of aromatic hydroxyl groups is 1. The first-order chi connectivity index (χ1) is 13.6. The van der Waals surface area contributed by atoms with Gasteiger partial charge in [0.25, 0.3) is 0 Å². The molecule has 0 spiro atoms. The minimum absolute atomic E-state index is 0.0852. The highest BCUT2D eigenvalue weighted by Crippen LogP contribution is 2.44. The summed E-state index contributed by atoms with van der Waals surface area (Å²) in [5, 5.41) is 24.5. The van der Waals surface area contributed by atoms with E-state index >= 15 is 0 Å². The Morgan fingerprint density at radius 3 is 1.96 bits per heavy atom. The predicted molar refractivity (Wildman–Crippen MR) is 109 cm³/mol. The largest absolute Gasteiger partial charge is 0.508 e. The molecule has 136 valence electrons. The van der Waals surface area contributed by atoms with Crippen molar-refractivity contribution in [2.75, 3.05) is 0 Å². The third kappa shape index (κ3) is 2.30. The summed E-state index contributed by atoms with van der Waals surface area (Å²) >= 11 is 0. The van der Waals surface area contributed by atoms with Gasteiger partial charge in [-0.15, -0.1) is 0 Å². The highest BCUT2D eigenvalue weighted by atomic mass is 16.3. The van der Waals surface area contributed by atoms with Gasteiger partial charge in [-0.3, -0.25) is 4.79 Å². The van der Waals surface area contributed by atoms with Crippen molar-refractivity contribution < 1.29 is 15.0 Å². The number of phenols is 1.